The standard InChI is InChI=1S/C10H21NO2/c1-2-3-4-5-6-7-10(12)8-9-11-13/h9-10,12-13H,2-8H2,1H3. The number of aliphatic hydroxyl groups is 1. The van der Waals surface area contributed by atoms with E-state index in [0.29, 0.717) is 6.42 Å². The summed E-state index contributed by atoms with van der Waals surface area (Å²) in [4.78, 5) is 0. The van der Waals surface area contributed by atoms with Gasteiger partial charge in [-0.05, 0) is 6.42 Å². The van der Waals surface area contributed by atoms with Gasteiger partial charge in [0.05, 0.1) is 6.10 Å². The molecular weight excluding hydrogens is 166 g/mol. The quantitative estimate of drug-likeness (QED) is 0.265. The molecule has 1 atom stereocenters. The highest BCUT2D eigenvalue weighted by molar-refractivity contribution is 5.56. The van der Waals surface area contributed by atoms with Crippen molar-refractivity contribution >= 4 is 6.21 Å². The van der Waals surface area contributed by atoms with Gasteiger partial charge in [0, 0.05) is 12.6 Å². The van der Waals surface area contributed by atoms with Gasteiger partial charge >= 0.3 is 0 Å². The van der Waals surface area contributed by atoms with Gasteiger partial charge in [-0.1, -0.05) is 39.0 Å². The zero-order chi connectivity index (χ0) is 9.94. The first kappa shape index (κ1) is 12.4. The zero-order valence-electron chi connectivity index (χ0n) is 8.45. The Kier molecular flexibility index (Phi) is 9.10. The molecule has 0 aliphatic rings. The second kappa shape index (κ2) is 9.52. The van der Waals surface area contributed by atoms with Crippen molar-refractivity contribution in [1.82, 2.24) is 0 Å². The van der Waals surface area contributed by atoms with E-state index < -0.39 is 0 Å². The van der Waals surface area contributed by atoms with Gasteiger partial charge in [0.1, 0.15) is 0 Å². The van der Waals surface area contributed by atoms with Crippen LogP contribution < -0.4 is 0 Å². The molecule has 78 valence electrons. The summed E-state index contributed by atoms with van der Waals surface area (Å²) in [5, 5.41) is 20.3. The van der Waals surface area contributed by atoms with E-state index in [2.05, 4.69) is 12.1 Å². The third kappa shape index (κ3) is 9.34. The number of oxime groups is 1. The molecule has 3 heteroatoms. The summed E-state index contributed by atoms with van der Waals surface area (Å²) in [7, 11) is 0. The van der Waals surface area contributed by atoms with Crippen molar-refractivity contribution in [2.75, 3.05) is 0 Å². The second-order valence-electron chi connectivity index (χ2n) is 3.39. The van der Waals surface area contributed by atoms with Crippen LogP contribution in [0.5, 0.6) is 0 Å². The molecule has 0 saturated carbocycles. The van der Waals surface area contributed by atoms with Crippen molar-refractivity contribution in [2.45, 2.75) is 58.0 Å². The lowest BCUT2D eigenvalue weighted by Crippen LogP contribution is -2.06. The van der Waals surface area contributed by atoms with E-state index in [1.165, 1.54) is 31.9 Å². The van der Waals surface area contributed by atoms with Crippen LogP contribution in [0.4, 0.5) is 0 Å². The van der Waals surface area contributed by atoms with Crippen LogP contribution in [0.25, 0.3) is 0 Å². The zero-order valence-corrected chi connectivity index (χ0v) is 8.45. The average molecular weight is 187 g/mol. The van der Waals surface area contributed by atoms with Gasteiger partial charge in [-0.3, -0.25) is 0 Å². The van der Waals surface area contributed by atoms with Crippen LogP contribution in [0.15, 0.2) is 5.16 Å². The largest absolute Gasteiger partial charge is 0.411 e. The topological polar surface area (TPSA) is 52.8 Å². The minimum absolute atomic E-state index is 0.336. The van der Waals surface area contributed by atoms with Crippen LogP contribution in [0.2, 0.25) is 0 Å². The van der Waals surface area contributed by atoms with E-state index in [4.69, 9.17) is 5.21 Å². The minimum atomic E-state index is -0.336. The molecule has 0 aliphatic carbocycles. The normalized spacial score (nSPS) is 13.7. The smallest absolute Gasteiger partial charge is 0.0590 e. The SMILES string of the molecule is CCCCCCCC(O)CC=NO. The molecule has 1 unspecified atom stereocenters. The lowest BCUT2D eigenvalue weighted by Gasteiger charge is -2.06. The summed E-state index contributed by atoms with van der Waals surface area (Å²) in [5.41, 5.74) is 0. The molecule has 13 heavy (non-hydrogen) atoms. The Bertz CT molecular complexity index is 126. The Balaban J connectivity index is 3.12. The number of aliphatic hydroxyl groups excluding tert-OH is 1. The molecule has 0 radical (unpaired) electrons. The first-order valence-corrected chi connectivity index (χ1v) is 5.15. The molecule has 0 saturated heterocycles. The van der Waals surface area contributed by atoms with Gasteiger partial charge in [0.25, 0.3) is 0 Å². The van der Waals surface area contributed by atoms with E-state index >= 15 is 0 Å². The van der Waals surface area contributed by atoms with Crippen molar-refractivity contribution in [3.63, 3.8) is 0 Å². The summed E-state index contributed by atoms with van der Waals surface area (Å²) in [6.45, 7) is 2.19. The molecule has 0 aromatic carbocycles. The molecule has 0 bridgehead atoms. The van der Waals surface area contributed by atoms with Gasteiger partial charge < -0.3 is 10.3 Å². The Morgan fingerprint density at radius 3 is 2.54 bits per heavy atom. The molecular formula is C10H21NO2. The van der Waals surface area contributed by atoms with Crippen LogP contribution in [-0.4, -0.2) is 22.6 Å². The highest BCUT2D eigenvalue weighted by Gasteiger charge is 2.01. The minimum Gasteiger partial charge on any atom is -0.411 e. The fourth-order valence-corrected chi connectivity index (χ4v) is 1.27. The Morgan fingerprint density at radius 1 is 1.23 bits per heavy atom. The van der Waals surface area contributed by atoms with E-state index in [9.17, 15) is 5.11 Å². The molecule has 2 N–H and O–H groups in total. The van der Waals surface area contributed by atoms with Gasteiger partial charge in [0.15, 0.2) is 0 Å². The van der Waals surface area contributed by atoms with Gasteiger partial charge in [-0.25, -0.2) is 0 Å². The maximum atomic E-state index is 9.33. The molecule has 0 aromatic rings. The Hall–Kier alpha value is -0.570. The third-order valence-electron chi connectivity index (χ3n) is 2.10. The molecule has 0 rings (SSSR count). The van der Waals surface area contributed by atoms with Crippen molar-refractivity contribution in [1.29, 1.82) is 0 Å². The van der Waals surface area contributed by atoms with Gasteiger partial charge in [-0.2, -0.15) is 0 Å². The molecule has 0 aliphatic heterocycles. The predicted octanol–water partition coefficient (Wildman–Crippen LogP) is 2.56. The number of unbranched alkanes of at least 4 members (excludes halogenated alkanes) is 4. The van der Waals surface area contributed by atoms with E-state index in [-0.39, 0.29) is 6.10 Å². The summed E-state index contributed by atoms with van der Waals surface area (Å²) < 4.78 is 0. The lowest BCUT2D eigenvalue weighted by atomic mass is 10.1. The summed E-state index contributed by atoms with van der Waals surface area (Å²) in [6, 6.07) is 0. The van der Waals surface area contributed by atoms with Crippen LogP contribution in [0.1, 0.15) is 51.9 Å². The fourth-order valence-electron chi connectivity index (χ4n) is 1.27. The van der Waals surface area contributed by atoms with Gasteiger partial charge in [-0.15, -0.1) is 5.16 Å². The van der Waals surface area contributed by atoms with E-state index in [1.54, 1.807) is 0 Å². The number of hydrogen-bond acceptors (Lipinski definition) is 3. The summed E-state index contributed by atoms with van der Waals surface area (Å²) >= 11 is 0. The summed E-state index contributed by atoms with van der Waals surface area (Å²) in [5.74, 6) is 0. The first-order chi connectivity index (χ1) is 6.31. The molecule has 0 fully saturated rings. The number of rotatable bonds is 8. The highest BCUT2D eigenvalue weighted by Crippen LogP contribution is 2.08. The van der Waals surface area contributed by atoms with E-state index in [0.717, 1.165) is 12.8 Å². The molecule has 0 spiro atoms. The Morgan fingerprint density at radius 2 is 1.92 bits per heavy atom. The van der Waals surface area contributed by atoms with Crippen LogP contribution >= 0.6 is 0 Å². The van der Waals surface area contributed by atoms with Crippen molar-refractivity contribution < 1.29 is 10.3 Å². The van der Waals surface area contributed by atoms with E-state index in [1.807, 2.05) is 0 Å². The third-order valence-corrected chi connectivity index (χ3v) is 2.10. The number of nitrogens with zero attached hydrogens (tertiary/aromatic N) is 1. The predicted molar refractivity (Wildman–Crippen MR) is 54.3 cm³/mol. The van der Waals surface area contributed by atoms with Crippen LogP contribution in [-0.2, 0) is 0 Å². The second-order valence-corrected chi connectivity index (χ2v) is 3.39. The molecule has 3 nitrogen and oxygen atoms in total. The van der Waals surface area contributed by atoms with Crippen LogP contribution in [0.3, 0.4) is 0 Å². The van der Waals surface area contributed by atoms with Crippen molar-refractivity contribution in [3.8, 4) is 0 Å². The Labute approximate surface area is 80.5 Å². The highest BCUT2D eigenvalue weighted by atomic mass is 16.4. The first-order valence-electron chi connectivity index (χ1n) is 5.15. The monoisotopic (exact) mass is 187 g/mol. The summed E-state index contributed by atoms with van der Waals surface area (Å²) in [6.07, 6.45) is 8.35. The molecule has 0 heterocycles. The average Bonchev–Trinajstić information content (AvgIpc) is 2.14. The maximum Gasteiger partial charge on any atom is 0.0590 e. The number of hydrogen-bond donors (Lipinski definition) is 2. The maximum absolute atomic E-state index is 9.33. The molecule has 0 amide bonds. The van der Waals surface area contributed by atoms with Crippen molar-refractivity contribution in [2.24, 2.45) is 5.16 Å². The molecule has 0 aromatic heterocycles. The lowest BCUT2D eigenvalue weighted by molar-refractivity contribution is 0.168. The van der Waals surface area contributed by atoms with Gasteiger partial charge in [0.2, 0.25) is 0 Å². The fraction of sp³-hybridized carbons (Fsp3) is 0.900. The van der Waals surface area contributed by atoms with Crippen LogP contribution in [0, 0.1) is 0 Å². The van der Waals surface area contributed by atoms with Crippen molar-refractivity contribution in [3.05, 3.63) is 0 Å².